The number of aliphatic hydroxyl groups is 1. The number of hydrogen-bond acceptors (Lipinski definition) is 4. The van der Waals surface area contributed by atoms with Crippen molar-refractivity contribution in [1.82, 2.24) is 4.90 Å². The van der Waals surface area contributed by atoms with Crippen molar-refractivity contribution in [2.45, 2.75) is 70.4 Å². The van der Waals surface area contributed by atoms with Gasteiger partial charge in [0.1, 0.15) is 5.82 Å². The van der Waals surface area contributed by atoms with Crippen LogP contribution in [0, 0.1) is 11.2 Å². The maximum absolute atomic E-state index is 15.1. The Bertz CT molecular complexity index is 858. The highest BCUT2D eigenvalue weighted by atomic mass is 19.1. The van der Waals surface area contributed by atoms with E-state index >= 15 is 4.39 Å². The Hall–Kier alpha value is -2.35. The van der Waals surface area contributed by atoms with Gasteiger partial charge >= 0.3 is 6.09 Å². The molecule has 1 saturated carbocycles. The Morgan fingerprint density at radius 2 is 1.97 bits per heavy atom. The maximum atomic E-state index is 15.1. The lowest BCUT2D eigenvalue weighted by atomic mass is 9.78. The summed E-state index contributed by atoms with van der Waals surface area (Å²) in [7, 11) is 0. The fraction of sp³-hybridized carbons (Fsp3) is 0.667. The summed E-state index contributed by atoms with van der Waals surface area (Å²) in [5, 5.41) is 19.2. The Morgan fingerprint density at radius 1 is 1.22 bits per heavy atom. The minimum absolute atomic E-state index is 0.181. The number of benzene rings is 1. The first-order valence-electron chi connectivity index (χ1n) is 11.9. The fourth-order valence-corrected chi connectivity index (χ4v) is 5.76. The number of anilines is 2. The van der Waals surface area contributed by atoms with Crippen LogP contribution < -0.4 is 9.80 Å². The number of nitrogens with zero attached hydrogens (tertiary/aromatic N) is 3. The van der Waals surface area contributed by atoms with Crippen LogP contribution >= 0.6 is 0 Å². The van der Waals surface area contributed by atoms with Gasteiger partial charge in [0.2, 0.25) is 5.91 Å². The largest absolute Gasteiger partial charge is 0.465 e. The molecule has 4 rings (SSSR count). The molecule has 3 aliphatic rings. The van der Waals surface area contributed by atoms with Gasteiger partial charge in [0.05, 0.1) is 22.9 Å². The van der Waals surface area contributed by atoms with E-state index in [1.807, 2.05) is 16.7 Å². The summed E-state index contributed by atoms with van der Waals surface area (Å²) in [4.78, 5) is 30.1. The molecule has 0 bridgehead atoms. The van der Waals surface area contributed by atoms with Crippen LogP contribution in [0.4, 0.5) is 20.6 Å². The van der Waals surface area contributed by atoms with E-state index in [2.05, 4.69) is 0 Å². The van der Waals surface area contributed by atoms with Crippen LogP contribution in [0.2, 0.25) is 0 Å². The lowest BCUT2D eigenvalue weighted by Gasteiger charge is -2.41. The molecule has 3 fully saturated rings. The van der Waals surface area contributed by atoms with Gasteiger partial charge in [-0.15, -0.1) is 0 Å². The van der Waals surface area contributed by atoms with Crippen molar-refractivity contribution < 1.29 is 24.2 Å². The van der Waals surface area contributed by atoms with Crippen molar-refractivity contribution >= 4 is 23.4 Å². The van der Waals surface area contributed by atoms with Gasteiger partial charge in [-0.2, -0.15) is 0 Å². The number of halogens is 1. The first-order chi connectivity index (χ1) is 15.3. The topological polar surface area (TPSA) is 84.3 Å². The zero-order valence-electron chi connectivity index (χ0n) is 18.8. The van der Waals surface area contributed by atoms with Crippen LogP contribution in [0.1, 0.15) is 58.3 Å². The van der Waals surface area contributed by atoms with Gasteiger partial charge in [0, 0.05) is 32.2 Å². The SMILES string of the molecule is CCCN(C(=O)O)c1ccc(N2CCC[C@]3(CCN(C4CCC(O)CC4)C3=O)C2)c(F)c1. The zero-order valence-corrected chi connectivity index (χ0v) is 18.8. The zero-order chi connectivity index (χ0) is 22.9. The summed E-state index contributed by atoms with van der Waals surface area (Å²) in [6.45, 7) is 4.10. The van der Waals surface area contributed by atoms with Gasteiger partial charge in [-0.05, 0) is 69.6 Å². The number of aliphatic hydroxyl groups excluding tert-OH is 1. The molecule has 0 unspecified atom stereocenters. The van der Waals surface area contributed by atoms with Crippen molar-refractivity contribution in [1.29, 1.82) is 0 Å². The summed E-state index contributed by atoms with van der Waals surface area (Å²) < 4.78 is 15.1. The molecule has 7 nitrogen and oxygen atoms in total. The van der Waals surface area contributed by atoms with E-state index in [0.29, 0.717) is 37.4 Å². The molecule has 1 aromatic rings. The molecular formula is C24H34FN3O4. The van der Waals surface area contributed by atoms with Gasteiger partial charge in [0.15, 0.2) is 0 Å². The van der Waals surface area contributed by atoms with E-state index < -0.39 is 17.3 Å². The quantitative estimate of drug-likeness (QED) is 0.717. The van der Waals surface area contributed by atoms with E-state index in [-0.39, 0.29) is 18.1 Å². The molecule has 176 valence electrons. The Labute approximate surface area is 188 Å². The molecule has 2 N–H and O–H groups in total. The number of likely N-dealkylation sites (tertiary alicyclic amines) is 1. The predicted molar refractivity (Wildman–Crippen MR) is 121 cm³/mol. The molecule has 0 aromatic heterocycles. The fourth-order valence-electron chi connectivity index (χ4n) is 5.76. The van der Waals surface area contributed by atoms with Gasteiger partial charge in [-0.1, -0.05) is 6.92 Å². The molecule has 2 saturated heterocycles. The normalized spacial score (nSPS) is 28.4. The lowest BCUT2D eigenvalue weighted by Crippen LogP contribution is -2.50. The molecule has 0 radical (unpaired) electrons. The molecule has 1 aliphatic carbocycles. The molecule has 1 aromatic carbocycles. The lowest BCUT2D eigenvalue weighted by molar-refractivity contribution is -0.139. The van der Waals surface area contributed by atoms with Gasteiger partial charge in [-0.25, -0.2) is 9.18 Å². The van der Waals surface area contributed by atoms with Gasteiger partial charge in [0.25, 0.3) is 0 Å². The van der Waals surface area contributed by atoms with E-state index in [1.54, 1.807) is 12.1 Å². The average molecular weight is 448 g/mol. The molecule has 8 heteroatoms. The van der Waals surface area contributed by atoms with Gasteiger partial charge in [-0.3, -0.25) is 9.69 Å². The molecule has 2 heterocycles. The van der Waals surface area contributed by atoms with Crippen molar-refractivity contribution in [3.8, 4) is 0 Å². The monoisotopic (exact) mass is 447 g/mol. The third-order valence-corrected chi connectivity index (χ3v) is 7.49. The van der Waals surface area contributed by atoms with Crippen LogP contribution in [0.15, 0.2) is 18.2 Å². The van der Waals surface area contributed by atoms with E-state index in [4.69, 9.17) is 0 Å². The molecule has 2 amide bonds. The van der Waals surface area contributed by atoms with Crippen molar-refractivity contribution in [2.24, 2.45) is 5.41 Å². The molecular weight excluding hydrogens is 413 g/mol. The van der Waals surface area contributed by atoms with Crippen LogP contribution in [0.3, 0.4) is 0 Å². The smallest absolute Gasteiger partial charge is 0.411 e. The molecule has 1 atom stereocenters. The van der Waals surface area contributed by atoms with Crippen molar-refractivity contribution in [2.75, 3.05) is 36.0 Å². The first kappa shape index (κ1) is 22.8. The Balaban J connectivity index is 1.49. The standard InChI is InChI=1S/C24H34FN3O4/c1-2-12-28(23(31)32)18-6-9-21(20(25)15-18)26-13-3-10-24(16-26)11-14-27(22(24)30)17-4-7-19(29)8-5-17/h6,9,15,17,19,29H,2-5,7-8,10-14,16H2,1H3,(H,31,32)/t17?,19?,24-/m0/s1. The highest BCUT2D eigenvalue weighted by Crippen LogP contribution is 2.44. The first-order valence-corrected chi connectivity index (χ1v) is 11.9. The van der Waals surface area contributed by atoms with Crippen molar-refractivity contribution in [3.05, 3.63) is 24.0 Å². The second kappa shape index (κ2) is 9.25. The number of amides is 2. The van der Waals surface area contributed by atoms with Gasteiger partial charge < -0.3 is 20.0 Å². The highest BCUT2D eigenvalue weighted by molar-refractivity contribution is 5.87. The number of rotatable bonds is 5. The summed E-state index contributed by atoms with van der Waals surface area (Å²) >= 11 is 0. The number of carbonyl (C=O) groups excluding carboxylic acids is 1. The van der Waals surface area contributed by atoms with E-state index in [9.17, 15) is 19.8 Å². The number of piperidine rings is 1. The average Bonchev–Trinajstić information content (AvgIpc) is 3.07. The minimum Gasteiger partial charge on any atom is -0.465 e. The molecule has 2 aliphatic heterocycles. The predicted octanol–water partition coefficient (Wildman–Crippen LogP) is 3.84. The second-order valence-corrected chi connectivity index (χ2v) is 9.59. The van der Waals surface area contributed by atoms with Crippen LogP contribution in [-0.2, 0) is 4.79 Å². The Morgan fingerprint density at radius 3 is 2.62 bits per heavy atom. The third kappa shape index (κ3) is 4.29. The number of carboxylic acid groups (broad SMARTS) is 1. The van der Waals surface area contributed by atoms with E-state index in [1.165, 1.54) is 6.07 Å². The highest BCUT2D eigenvalue weighted by Gasteiger charge is 2.50. The van der Waals surface area contributed by atoms with Crippen molar-refractivity contribution in [3.63, 3.8) is 0 Å². The third-order valence-electron chi connectivity index (χ3n) is 7.49. The van der Waals surface area contributed by atoms with Crippen LogP contribution in [-0.4, -0.2) is 65.4 Å². The summed E-state index contributed by atoms with van der Waals surface area (Å²) in [6.07, 6.45) is 4.91. The van der Waals surface area contributed by atoms with E-state index in [0.717, 1.165) is 56.4 Å². The molecule has 1 spiro atoms. The number of carbonyl (C=O) groups is 2. The maximum Gasteiger partial charge on any atom is 0.411 e. The molecule has 32 heavy (non-hydrogen) atoms. The second-order valence-electron chi connectivity index (χ2n) is 9.59. The minimum atomic E-state index is -1.09. The summed E-state index contributed by atoms with van der Waals surface area (Å²) in [5.41, 5.74) is 0.283. The summed E-state index contributed by atoms with van der Waals surface area (Å²) in [5.74, 6) is -0.272. The number of hydrogen-bond donors (Lipinski definition) is 2. The summed E-state index contributed by atoms with van der Waals surface area (Å²) in [6, 6.07) is 4.79. The Kier molecular flexibility index (Phi) is 6.60. The van der Waals surface area contributed by atoms with Crippen LogP contribution in [0.25, 0.3) is 0 Å². The van der Waals surface area contributed by atoms with Crippen LogP contribution in [0.5, 0.6) is 0 Å².